The molecule has 4 heteroatoms. The van der Waals surface area contributed by atoms with Crippen LogP contribution in [0.25, 0.3) is 10.4 Å². The molecule has 0 N–H and O–H groups in total. The standard InChI is InChI=1S/C3H3N3O/c1-3(2-7)5-6-4/h1H3. The predicted molar refractivity (Wildman–Crippen MR) is 24.0 cm³/mol. The summed E-state index contributed by atoms with van der Waals surface area (Å²) < 4.78 is 0. The van der Waals surface area contributed by atoms with Gasteiger partial charge in [0, 0.05) is 4.91 Å². The highest BCUT2D eigenvalue weighted by atomic mass is 16.1. The van der Waals surface area contributed by atoms with Crippen molar-refractivity contribution in [3.05, 3.63) is 16.1 Å². The van der Waals surface area contributed by atoms with Crippen LogP contribution in [0.2, 0.25) is 0 Å². The van der Waals surface area contributed by atoms with Gasteiger partial charge in [-0.25, -0.2) is 4.79 Å². The lowest BCUT2D eigenvalue weighted by atomic mass is 10.6. The first kappa shape index (κ1) is 5.76. The molecule has 4 nitrogen and oxygen atoms in total. The molecule has 0 heterocycles. The Bertz CT molecular complexity index is 150. The Hall–Kier alpha value is -1.24. The highest BCUT2D eigenvalue weighted by Gasteiger charge is 1.73. The molecule has 0 spiro atoms. The number of carbonyl (C=O) groups excluding carboxylic acids is 1. The van der Waals surface area contributed by atoms with Crippen LogP contribution in [-0.4, -0.2) is 5.94 Å². The maximum absolute atomic E-state index is 9.47. The third-order valence-electron chi connectivity index (χ3n) is 0.342. The van der Waals surface area contributed by atoms with E-state index in [1.807, 2.05) is 0 Å². The lowest BCUT2D eigenvalue weighted by Crippen LogP contribution is -1.60. The van der Waals surface area contributed by atoms with E-state index >= 15 is 0 Å². The summed E-state index contributed by atoms with van der Waals surface area (Å²) in [7, 11) is 0. The number of nitrogens with zero attached hydrogens (tertiary/aromatic N) is 3. The molecule has 0 rings (SSSR count). The van der Waals surface area contributed by atoms with Gasteiger partial charge in [-0.05, 0) is 12.5 Å². The molecular weight excluding hydrogens is 94.1 g/mol. The molecule has 0 radical (unpaired) electrons. The highest BCUT2D eigenvalue weighted by molar-refractivity contribution is 5.50. The van der Waals surface area contributed by atoms with Gasteiger partial charge in [0.1, 0.15) is 5.94 Å². The summed E-state index contributed by atoms with van der Waals surface area (Å²) in [4.78, 5) is 11.8. The van der Waals surface area contributed by atoms with Gasteiger partial charge in [-0.3, -0.25) is 0 Å². The lowest BCUT2D eigenvalue weighted by Gasteiger charge is -1.66. The normalized spacial score (nSPS) is 5.86. The van der Waals surface area contributed by atoms with Crippen molar-refractivity contribution < 1.29 is 4.79 Å². The van der Waals surface area contributed by atoms with Crippen molar-refractivity contribution in [3.8, 4) is 0 Å². The zero-order valence-electron chi connectivity index (χ0n) is 3.75. The van der Waals surface area contributed by atoms with E-state index in [9.17, 15) is 4.79 Å². The van der Waals surface area contributed by atoms with Crippen LogP contribution in [0.15, 0.2) is 10.8 Å². The molecular formula is C3H3N3O. The van der Waals surface area contributed by atoms with E-state index in [1.165, 1.54) is 12.9 Å². The van der Waals surface area contributed by atoms with Gasteiger partial charge in [-0.1, -0.05) is 5.11 Å². The summed E-state index contributed by atoms with van der Waals surface area (Å²) >= 11 is 0. The van der Waals surface area contributed by atoms with Gasteiger partial charge < -0.3 is 0 Å². The van der Waals surface area contributed by atoms with Crippen LogP contribution in [-0.2, 0) is 4.79 Å². The summed E-state index contributed by atoms with van der Waals surface area (Å²) in [6.07, 6.45) is 0. The second-order valence-electron chi connectivity index (χ2n) is 0.877. The predicted octanol–water partition coefficient (Wildman–Crippen LogP) is 1.03. The Morgan fingerprint density at radius 1 is 2.00 bits per heavy atom. The van der Waals surface area contributed by atoms with Crippen molar-refractivity contribution in [2.24, 2.45) is 5.11 Å². The van der Waals surface area contributed by atoms with Gasteiger partial charge in [0.05, 0.1) is 5.70 Å². The van der Waals surface area contributed by atoms with Crippen LogP contribution in [0, 0.1) is 0 Å². The minimum Gasteiger partial charge on any atom is -0.233 e. The zero-order valence-corrected chi connectivity index (χ0v) is 3.75. The van der Waals surface area contributed by atoms with E-state index in [2.05, 4.69) is 10.0 Å². The zero-order chi connectivity index (χ0) is 5.70. The maximum atomic E-state index is 9.47. The molecule has 36 valence electrons. The van der Waals surface area contributed by atoms with Crippen molar-refractivity contribution in [2.75, 3.05) is 0 Å². The molecule has 0 aliphatic rings. The molecule has 0 fully saturated rings. The molecule has 0 aliphatic heterocycles. The van der Waals surface area contributed by atoms with Crippen molar-refractivity contribution >= 4 is 5.94 Å². The number of hydrogen-bond acceptors (Lipinski definition) is 2. The number of azide groups is 1. The van der Waals surface area contributed by atoms with E-state index in [0.717, 1.165) is 0 Å². The molecule has 0 aromatic heterocycles. The lowest BCUT2D eigenvalue weighted by molar-refractivity contribution is 0.567. The second-order valence-corrected chi connectivity index (χ2v) is 0.877. The van der Waals surface area contributed by atoms with Crippen molar-refractivity contribution in [1.29, 1.82) is 0 Å². The summed E-state index contributed by atoms with van der Waals surface area (Å²) in [6.45, 7) is 1.38. The second kappa shape index (κ2) is 2.97. The average molecular weight is 97.1 g/mol. The minimum absolute atomic E-state index is 0.0301. The first-order valence-corrected chi connectivity index (χ1v) is 1.58. The van der Waals surface area contributed by atoms with Crippen molar-refractivity contribution in [3.63, 3.8) is 0 Å². The monoisotopic (exact) mass is 97.0 g/mol. The largest absolute Gasteiger partial charge is 0.233 e. The Morgan fingerprint density at radius 2 is 2.57 bits per heavy atom. The van der Waals surface area contributed by atoms with Crippen molar-refractivity contribution in [2.45, 2.75) is 6.92 Å². The number of allylic oxidation sites excluding steroid dienone is 1. The molecule has 0 aliphatic carbocycles. The fourth-order valence-electron chi connectivity index (χ4n) is 0.0875. The van der Waals surface area contributed by atoms with E-state index in [0.29, 0.717) is 0 Å². The summed E-state index contributed by atoms with van der Waals surface area (Å²) in [5.41, 5.74) is 7.66. The van der Waals surface area contributed by atoms with Gasteiger partial charge in [0.2, 0.25) is 0 Å². The quantitative estimate of drug-likeness (QED) is 0.208. The van der Waals surface area contributed by atoms with Gasteiger partial charge in [-0.15, -0.1) is 0 Å². The molecule has 7 heavy (non-hydrogen) atoms. The topological polar surface area (TPSA) is 65.8 Å². The molecule has 0 bridgehead atoms. The van der Waals surface area contributed by atoms with Gasteiger partial charge in [0.15, 0.2) is 0 Å². The Labute approximate surface area is 40.1 Å². The molecule has 0 amide bonds. The number of rotatable bonds is 1. The summed E-state index contributed by atoms with van der Waals surface area (Å²) in [5, 5.41) is 2.92. The molecule has 0 unspecified atom stereocenters. The van der Waals surface area contributed by atoms with Crippen LogP contribution in [0.4, 0.5) is 0 Å². The highest BCUT2D eigenvalue weighted by Crippen LogP contribution is 1.83. The summed E-state index contributed by atoms with van der Waals surface area (Å²) in [6, 6.07) is 0. The van der Waals surface area contributed by atoms with Crippen LogP contribution < -0.4 is 0 Å². The average Bonchev–Trinajstić information content (AvgIpc) is 1.68. The Balaban J connectivity index is 4.10. The SMILES string of the molecule is CC(=C=O)N=[N+]=[N-]. The Kier molecular flexibility index (Phi) is 2.44. The van der Waals surface area contributed by atoms with Crippen molar-refractivity contribution in [1.82, 2.24) is 0 Å². The first-order chi connectivity index (χ1) is 3.31. The van der Waals surface area contributed by atoms with Gasteiger partial charge in [0.25, 0.3) is 0 Å². The smallest absolute Gasteiger partial charge is 0.129 e. The van der Waals surface area contributed by atoms with Gasteiger partial charge >= 0.3 is 0 Å². The van der Waals surface area contributed by atoms with Gasteiger partial charge in [-0.2, -0.15) is 0 Å². The van der Waals surface area contributed by atoms with E-state index < -0.39 is 0 Å². The van der Waals surface area contributed by atoms with Crippen LogP contribution in [0.3, 0.4) is 0 Å². The Morgan fingerprint density at radius 3 is 2.71 bits per heavy atom. The molecule has 0 atom stereocenters. The molecule has 0 saturated heterocycles. The van der Waals surface area contributed by atoms with Crippen LogP contribution >= 0.6 is 0 Å². The third kappa shape index (κ3) is 2.56. The third-order valence-corrected chi connectivity index (χ3v) is 0.342. The summed E-state index contributed by atoms with van der Waals surface area (Å²) in [5.74, 6) is 1.41. The molecule has 0 aromatic carbocycles. The minimum atomic E-state index is 0.0301. The molecule has 0 aromatic rings. The number of hydrogen-bond donors (Lipinski definition) is 0. The van der Waals surface area contributed by atoms with E-state index in [1.54, 1.807) is 0 Å². The van der Waals surface area contributed by atoms with E-state index in [-0.39, 0.29) is 5.70 Å². The van der Waals surface area contributed by atoms with E-state index in [4.69, 9.17) is 5.53 Å². The fraction of sp³-hybridized carbons (Fsp3) is 0.333. The molecule has 0 saturated carbocycles. The maximum Gasteiger partial charge on any atom is 0.129 e. The van der Waals surface area contributed by atoms with Crippen LogP contribution in [0.5, 0.6) is 0 Å². The van der Waals surface area contributed by atoms with Crippen LogP contribution in [0.1, 0.15) is 6.92 Å². The fourth-order valence-corrected chi connectivity index (χ4v) is 0.0875. The first-order valence-electron chi connectivity index (χ1n) is 1.58.